The summed E-state index contributed by atoms with van der Waals surface area (Å²) in [6.07, 6.45) is 2.60. The van der Waals surface area contributed by atoms with Crippen LogP contribution in [-0.2, 0) is 0 Å². The van der Waals surface area contributed by atoms with E-state index in [-0.39, 0.29) is 0 Å². The molecular formula is C11H14N2O. The average Bonchev–Trinajstić information content (AvgIpc) is 2.27. The van der Waals surface area contributed by atoms with Crippen LogP contribution in [-0.4, -0.2) is 12.1 Å². The van der Waals surface area contributed by atoms with Gasteiger partial charge < -0.3 is 4.74 Å². The first kappa shape index (κ1) is 10.5. The number of ether oxygens (including phenoxy) is 1. The molecule has 0 saturated heterocycles. The second kappa shape index (κ2) is 4.61. The Balaban J connectivity index is 3.13. The summed E-state index contributed by atoms with van der Waals surface area (Å²) in [4.78, 5) is 4.24. The van der Waals surface area contributed by atoms with Crippen LogP contribution in [0.2, 0.25) is 0 Å². The zero-order chi connectivity index (χ0) is 10.6. The van der Waals surface area contributed by atoms with Crippen molar-refractivity contribution in [3.63, 3.8) is 0 Å². The molecule has 0 radical (unpaired) electrons. The maximum atomic E-state index is 8.70. The quantitative estimate of drug-likeness (QED) is 0.735. The zero-order valence-corrected chi connectivity index (χ0v) is 8.74. The second-order valence-electron chi connectivity index (χ2n) is 3.23. The summed E-state index contributed by atoms with van der Waals surface area (Å²) >= 11 is 0. The summed E-state index contributed by atoms with van der Waals surface area (Å²) in [5.41, 5.74) is 1.46. The molecule has 3 heteroatoms. The largest absolute Gasteiger partial charge is 0.495 e. The molecule has 1 rings (SSSR count). The highest BCUT2D eigenvalue weighted by atomic mass is 16.5. The van der Waals surface area contributed by atoms with Gasteiger partial charge in [-0.1, -0.05) is 13.8 Å². The predicted molar refractivity (Wildman–Crippen MR) is 54.2 cm³/mol. The van der Waals surface area contributed by atoms with Gasteiger partial charge in [-0.2, -0.15) is 5.26 Å². The van der Waals surface area contributed by atoms with Gasteiger partial charge in [-0.05, 0) is 6.42 Å². The Labute approximate surface area is 84.3 Å². The fraction of sp³-hybridized carbons (Fsp3) is 0.455. The van der Waals surface area contributed by atoms with E-state index in [9.17, 15) is 0 Å². The molecule has 1 aromatic rings. The van der Waals surface area contributed by atoms with E-state index in [1.54, 1.807) is 19.4 Å². The molecule has 1 unspecified atom stereocenters. The van der Waals surface area contributed by atoms with E-state index in [0.717, 1.165) is 12.1 Å². The van der Waals surface area contributed by atoms with E-state index in [1.165, 1.54) is 0 Å². The van der Waals surface area contributed by atoms with E-state index >= 15 is 0 Å². The molecule has 74 valence electrons. The lowest BCUT2D eigenvalue weighted by Crippen LogP contribution is -2.00. The number of nitrogens with zero attached hydrogens (tertiary/aromatic N) is 2. The topological polar surface area (TPSA) is 45.9 Å². The third-order valence-electron chi connectivity index (χ3n) is 2.31. The smallest absolute Gasteiger partial charge is 0.141 e. The molecule has 0 aromatic carbocycles. The number of rotatable bonds is 3. The van der Waals surface area contributed by atoms with Gasteiger partial charge in [-0.3, -0.25) is 4.98 Å². The second-order valence-corrected chi connectivity index (χ2v) is 3.23. The van der Waals surface area contributed by atoms with Crippen molar-refractivity contribution in [1.29, 1.82) is 5.26 Å². The summed E-state index contributed by atoms with van der Waals surface area (Å²) in [5, 5.41) is 8.70. The fourth-order valence-corrected chi connectivity index (χ4v) is 1.24. The van der Waals surface area contributed by atoms with E-state index in [2.05, 4.69) is 18.8 Å². The molecule has 1 heterocycles. The lowest BCUT2D eigenvalue weighted by molar-refractivity contribution is 0.402. The fourth-order valence-electron chi connectivity index (χ4n) is 1.24. The Morgan fingerprint density at radius 3 is 2.86 bits per heavy atom. The summed E-state index contributed by atoms with van der Waals surface area (Å²) in [6, 6.07) is 3.77. The van der Waals surface area contributed by atoms with Crippen LogP contribution in [0.1, 0.15) is 37.4 Å². The molecule has 0 amide bonds. The SMILES string of the molecule is CCC(C)c1ncc(C#N)cc1OC. The van der Waals surface area contributed by atoms with E-state index in [1.807, 2.05) is 6.07 Å². The van der Waals surface area contributed by atoms with E-state index in [4.69, 9.17) is 10.00 Å². The maximum Gasteiger partial charge on any atom is 0.141 e. The zero-order valence-electron chi connectivity index (χ0n) is 8.74. The Kier molecular flexibility index (Phi) is 3.47. The van der Waals surface area contributed by atoms with Crippen molar-refractivity contribution in [3.8, 4) is 11.8 Å². The van der Waals surface area contributed by atoms with Crippen LogP contribution in [0.4, 0.5) is 0 Å². The van der Waals surface area contributed by atoms with Gasteiger partial charge in [-0.25, -0.2) is 0 Å². The summed E-state index contributed by atoms with van der Waals surface area (Å²) < 4.78 is 5.20. The normalized spacial score (nSPS) is 11.9. The highest BCUT2D eigenvalue weighted by Crippen LogP contribution is 2.26. The third-order valence-corrected chi connectivity index (χ3v) is 2.31. The van der Waals surface area contributed by atoms with Crippen LogP contribution < -0.4 is 4.74 Å². The molecule has 0 aliphatic carbocycles. The van der Waals surface area contributed by atoms with Crippen LogP contribution in [0.3, 0.4) is 0 Å². The predicted octanol–water partition coefficient (Wildman–Crippen LogP) is 2.48. The van der Waals surface area contributed by atoms with Gasteiger partial charge in [0.25, 0.3) is 0 Å². The van der Waals surface area contributed by atoms with Crippen LogP contribution in [0.15, 0.2) is 12.3 Å². The van der Waals surface area contributed by atoms with Gasteiger partial charge in [-0.15, -0.1) is 0 Å². The first-order valence-corrected chi connectivity index (χ1v) is 4.67. The van der Waals surface area contributed by atoms with Gasteiger partial charge in [0.2, 0.25) is 0 Å². The minimum Gasteiger partial charge on any atom is -0.495 e. The van der Waals surface area contributed by atoms with Gasteiger partial charge in [0, 0.05) is 18.2 Å². The lowest BCUT2D eigenvalue weighted by atomic mass is 10.0. The van der Waals surface area contributed by atoms with Crippen molar-refractivity contribution in [2.75, 3.05) is 7.11 Å². The minimum atomic E-state index is 0.359. The molecule has 0 fully saturated rings. The third kappa shape index (κ3) is 2.02. The number of methoxy groups -OCH3 is 1. The molecule has 0 bridgehead atoms. The standard InChI is InChI=1S/C11H14N2O/c1-4-8(2)11-10(14-3)5-9(6-12)7-13-11/h5,7-8H,4H2,1-3H3. The van der Waals surface area contributed by atoms with Gasteiger partial charge >= 0.3 is 0 Å². The molecule has 0 saturated carbocycles. The number of nitriles is 1. The van der Waals surface area contributed by atoms with Crippen molar-refractivity contribution >= 4 is 0 Å². The molecular weight excluding hydrogens is 176 g/mol. The molecule has 0 spiro atoms. The molecule has 3 nitrogen and oxygen atoms in total. The maximum absolute atomic E-state index is 8.70. The van der Waals surface area contributed by atoms with Gasteiger partial charge in [0.05, 0.1) is 18.4 Å². The van der Waals surface area contributed by atoms with Crippen molar-refractivity contribution in [1.82, 2.24) is 4.98 Å². The molecule has 1 aromatic heterocycles. The number of hydrogen-bond acceptors (Lipinski definition) is 3. The Morgan fingerprint density at radius 1 is 1.64 bits per heavy atom. The van der Waals surface area contributed by atoms with Crippen molar-refractivity contribution < 1.29 is 4.74 Å². The van der Waals surface area contributed by atoms with Crippen molar-refractivity contribution in [2.45, 2.75) is 26.2 Å². The van der Waals surface area contributed by atoms with Crippen molar-refractivity contribution in [3.05, 3.63) is 23.5 Å². The highest BCUT2D eigenvalue weighted by molar-refractivity contribution is 5.38. The van der Waals surface area contributed by atoms with Crippen LogP contribution in [0, 0.1) is 11.3 Å². The molecule has 1 atom stereocenters. The van der Waals surface area contributed by atoms with Crippen molar-refractivity contribution in [2.24, 2.45) is 0 Å². The van der Waals surface area contributed by atoms with Crippen LogP contribution in [0.5, 0.6) is 5.75 Å². The lowest BCUT2D eigenvalue weighted by Gasteiger charge is -2.12. The average molecular weight is 190 g/mol. The monoisotopic (exact) mass is 190 g/mol. The first-order chi connectivity index (χ1) is 6.72. The Bertz CT molecular complexity index is 355. The molecule has 0 N–H and O–H groups in total. The summed E-state index contributed by atoms with van der Waals surface area (Å²) in [6.45, 7) is 4.20. The number of hydrogen-bond donors (Lipinski definition) is 0. The molecule has 0 aliphatic rings. The molecule has 0 aliphatic heterocycles. The van der Waals surface area contributed by atoms with Crippen LogP contribution >= 0.6 is 0 Å². The van der Waals surface area contributed by atoms with Gasteiger partial charge in [0.1, 0.15) is 11.8 Å². The minimum absolute atomic E-state index is 0.359. The summed E-state index contributed by atoms with van der Waals surface area (Å²) in [5.74, 6) is 1.07. The number of aromatic nitrogens is 1. The van der Waals surface area contributed by atoms with Gasteiger partial charge in [0.15, 0.2) is 0 Å². The number of pyridine rings is 1. The highest BCUT2D eigenvalue weighted by Gasteiger charge is 2.11. The van der Waals surface area contributed by atoms with Crippen LogP contribution in [0.25, 0.3) is 0 Å². The molecule has 14 heavy (non-hydrogen) atoms. The Morgan fingerprint density at radius 2 is 2.36 bits per heavy atom. The van der Waals surface area contributed by atoms with E-state index < -0.39 is 0 Å². The first-order valence-electron chi connectivity index (χ1n) is 4.67. The summed E-state index contributed by atoms with van der Waals surface area (Å²) in [7, 11) is 1.60. The Hall–Kier alpha value is -1.56. The van der Waals surface area contributed by atoms with E-state index in [0.29, 0.717) is 17.2 Å².